The number of hydrogen-bond acceptors (Lipinski definition) is 2. The SMILES string of the molecule is C(=C\c1ccc(-c2ccc3c(c2)c2ccccc2n3-c2ccccc2)s1)/c1ccc(-c2ccc3c(c2)c2ccccc2n3-c2ccccc2)s1. The Morgan fingerprint density at radius 1 is 0.340 bits per heavy atom. The first kappa shape index (κ1) is 29.0. The van der Waals surface area contributed by atoms with Gasteiger partial charge in [0, 0.05) is 52.4 Å². The molecule has 50 heavy (non-hydrogen) atoms. The van der Waals surface area contributed by atoms with Gasteiger partial charge in [0.25, 0.3) is 0 Å². The Morgan fingerprint density at radius 3 is 1.20 bits per heavy atom. The highest BCUT2D eigenvalue weighted by molar-refractivity contribution is 7.17. The van der Waals surface area contributed by atoms with E-state index in [2.05, 4.69) is 191 Å². The topological polar surface area (TPSA) is 9.86 Å². The second-order valence-corrected chi connectivity index (χ2v) is 14.8. The predicted octanol–water partition coefficient (Wildman–Crippen LogP) is 13.5. The van der Waals surface area contributed by atoms with Crippen LogP contribution in [0, 0.1) is 0 Å². The van der Waals surface area contributed by atoms with Crippen LogP contribution in [0.4, 0.5) is 0 Å². The van der Waals surface area contributed by atoms with Gasteiger partial charge in [0.1, 0.15) is 0 Å². The fourth-order valence-electron chi connectivity index (χ4n) is 7.32. The van der Waals surface area contributed by atoms with Gasteiger partial charge in [-0.05, 0) is 108 Å². The summed E-state index contributed by atoms with van der Waals surface area (Å²) in [5.41, 5.74) is 9.79. The first-order chi connectivity index (χ1) is 24.8. The average Bonchev–Trinajstić information content (AvgIpc) is 3.98. The summed E-state index contributed by atoms with van der Waals surface area (Å²) >= 11 is 3.67. The van der Waals surface area contributed by atoms with Crippen molar-refractivity contribution in [3.63, 3.8) is 0 Å². The smallest absolute Gasteiger partial charge is 0.0541 e. The summed E-state index contributed by atoms with van der Waals surface area (Å²) < 4.78 is 4.74. The summed E-state index contributed by atoms with van der Waals surface area (Å²) in [6.07, 6.45) is 4.50. The van der Waals surface area contributed by atoms with Crippen LogP contribution in [0.2, 0.25) is 0 Å². The zero-order valence-electron chi connectivity index (χ0n) is 27.0. The van der Waals surface area contributed by atoms with E-state index in [9.17, 15) is 0 Å². The van der Waals surface area contributed by atoms with Gasteiger partial charge in [-0.25, -0.2) is 0 Å². The number of rotatable bonds is 6. The number of benzene rings is 6. The summed E-state index contributed by atoms with van der Waals surface area (Å²) in [4.78, 5) is 5.05. The Hall–Kier alpha value is -5.94. The highest BCUT2D eigenvalue weighted by Gasteiger charge is 2.15. The molecule has 0 aliphatic rings. The molecule has 0 fully saturated rings. The van der Waals surface area contributed by atoms with Crippen LogP contribution in [0.25, 0.3) is 88.0 Å². The van der Waals surface area contributed by atoms with Gasteiger partial charge in [0.2, 0.25) is 0 Å². The van der Waals surface area contributed by atoms with Gasteiger partial charge >= 0.3 is 0 Å². The summed E-state index contributed by atoms with van der Waals surface area (Å²) in [7, 11) is 0. The number of nitrogens with zero attached hydrogens (tertiary/aromatic N) is 2. The summed E-state index contributed by atoms with van der Waals surface area (Å²) in [6, 6.07) is 61.5. The van der Waals surface area contributed by atoms with Crippen molar-refractivity contribution in [2.45, 2.75) is 0 Å². The molecule has 0 aliphatic carbocycles. The van der Waals surface area contributed by atoms with E-state index in [1.54, 1.807) is 0 Å². The fraction of sp³-hybridized carbons (Fsp3) is 0. The molecule has 0 saturated carbocycles. The second kappa shape index (κ2) is 11.9. The number of thiophene rings is 2. The Morgan fingerprint density at radius 2 is 0.740 bits per heavy atom. The van der Waals surface area contributed by atoms with E-state index in [0.717, 1.165) is 0 Å². The van der Waals surface area contributed by atoms with Crippen LogP contribution >= 0.6 is 22.7 Å². The van der Waals surface area contributed by atoms with Crippen LogP contribution in [-0.2, 0) is 0 Å². The molecule has 4 aromatic heterocycles. The van der Waals surface area contributed by atoms with Crippen LogP contribution in [0.1, 0.15) is 9.75 Å². The standard InChI is InChI=1S/C46H30N2S2/c1-3-11-33(12-4-1)47-41-17-9-7-15-37(41)39-29-31(19-25-43(39)47)45-27-23-35(49-45)21-22-36-24-28-46(50-36)32-20-26-44-40(30-32)38-16-8-10-18-42(38)48(44)34-13-5-2-6-14-34/h1-30H/b22-21+. The van der Waals surface area contributed by atoms with Crippen LogP contribution in [-0.4, -0.2) is 9.13 Å². The van der Waals surface area contributed by atoms with Gasteiger partial charge < -0.3 is 9.13 Å². The molecule has 0 atom stereocenters. The highest BCUT2D eigenvalue weighted by Crippen LogP contribution is 2.39. The van der Waals surface area contributed by atoms with Gasteiger partial charge in [0.15, 0.2) is 0 Å². The first-order valence-electron chi connectivity index (χ1n) is 16.8. The maximum atomic E-state index is 2.37. The molecule has 0 unspecified atom stereocenters. The lowest BCUT2D eigenvalue weighted by atomic mass is 10.1. The van der Waals surface area contributed by atoms with E-state index in [0.29, 0.717) is 0 Å². The monoisotopic (exact) mass is 674 g/mol. The van der Waals surface area contributed by atoms with Crippen molar-refractivity contribution >= 4 is 78.4 Å². The minimum Gasteiger partial charge on any atom is -0.309 e. The lowest BCUT2D eigenvalue weighted by molar-refractivity contribution is 1.18. The molecule has 0 aliphatic heterocycles. The molecule has 0 radical (unpaired) electrons. The van der Waals surface area contributed by atoms with Crippen molar-refractivity contribution in [1.82, 2.24) is 9.13 Å². The molecule has 10 rings (SSSR count). The van der Waals surface area contributed by atoms with Crippen molar-refractivity contribution in [2.75, 3.05) is 0 Å². The summed E-state index contributed by atoms with van der Waals surface area (Å²) in [5.74, 6) is 0. The molecular weight excluding hydrogens is 645 g/mol. The largest absolute Gasteiger partial charge is 0.309 e. The molecule has 236 valence electrons. The highest BCUT2D eigenvalue weighted by atomic mass is 32.1. The lowest BCUT2D eigenvalue weighted by Crippen LogP contribution is -1.92. The Balaban J connectivity index is 0.945. The van der Waals surface area contributed by atoms with Crippen molar-refractivity contribution in [3.8, 4) is 32.3 Å². The van der Waals surface area contributed by atoms with E-state index in [4.69, 9.17) is 0 Å². The third-order valence-corrected chi connectivity index (χ3v) is 11.8. The van der Waals surface area contributed by atoms with Gasteiger partial charge in [-0.1, -0.05) is 84.9 Å². The quantitative estimate of drug-likeness (QED) is 0.166. The van der Waals surface area contributed by atoms with E-state index in [1.807, 2.05) is 22.7 Å². The fourth-order valence-corrected chi connectivity index (χ4v) is 9.14. The molecule has 4 heterocycles. The average molecular weight is 675 g/mol. The molecule has 0 N–H and O–H groups in total. The minimum absolute atomic E-state index is 1.18. The predicted molar refractivity (Wildman–Crippen MR) is 217 cm³/mol. The van der Waals surface area contributed by atoms with Crippen molar-refractivity contribution in [3.05, 3.63) is 180 Å². The van der Waals surface area contributed by atoms with Crippen molar-refractivity contribution in [2.24, 2.45) is 0 Å². The number of fused-ring (bicyclic) bond motifs is 6. The molecule has 6 aromatic carbocycles. The Bertz CT molecular complexity index is 2670. The van der Waals surface area contributed by atoms with Gasteiger partial charge in [-0.2, -0.15) is 0 Å². The van der Waals surface area contributed by atoms with Crippen LogP contribution < -0.4 is 0 Å². The number of para-hydroxylation sites is 4. The number of hydrogen-bond donors (Lipinski definition) is 0. The molecule has 0 bridgehead atoms. The van der Waals surface area contributed by atoms with Crippen LogP contribution in [0.5, 0.6) is 0 Å². The third kappa shape index (κ3) is 4.84. The molecule has 0 spiro atoms. The third-order valence-electron chi connectivity index (χ3n) is 9.61. The maximum Gasteiger partial charge on any atom is 0.0541 e. The van der Waals surface area contributed by atoms with Crippen molar-refractivity contribution < 1.29 is 0 Å². The zero-order valence-corrected chi connectivity index (χ0v) is 28.7. The molecule has 10 aromatic rings. The molecule has 0 amide bonds. The van der Waals surface area contributed by atoms with E-state index in [-0.39, 0.29) is 0 Å². The summed E-state index contributed by atoms with van der Waals surface area (Å²) in [5, 5.41) is 5.11. The van der Waals surface area contributed by atoms with E-state index in [1.165, 1.54) is 85.6 Å². The molecule has 0 saturated heterocycles. The molecular formula is C46H30N2S2. The van der Waals surface area contributed by atoms with Gasteiger partial charge in [-0.3, -0.25) is 0 Å². The van der Waals surface area contributed by atoms with E-state index < -0.39 is 0 Å². The Labute approximate surface area is 298 Å². The minimum atomic E-state index is 1.18. The number of aromatic nitrogens is 2. The van der Waals surface area contributed by atoms with E-state index >= 15 is 0 Å². The van der Waals surface area contributed by atoms with Gasteiger partial charge in [-0.15, -0.1) is 22.7 Å². The summed E-state index contributed by atoms with van der Waals surface area (Å²) in [6.45, 7) is 0. The first-order valence-corrected chi connectivity index (χ1v) is 18.5. The second-order valence-electron chi connectivity index (χ2n) is 12.6. The van der Waals surface area contributed by atoms with Gasteiger partial charge in [0.05, 0.1) is 22.1 Å². The Kier molecular flexibility index (Phi) is 6.90. The van der Waals surface area contributed by atoms with Crippen LogP contribution in [0.3, 0.4) is 0 Å². The van der Waals surface area contributed by atoms with Crippen molar-refractivity contribution in [1.29, 1.82) is 0 Å². The van der Waals surface area contributed by atoms with Crippen LogP contribution in [0.15, 0.2) is 170 Å². The maximum absolute atomic E-state index is 2.37. The molecule has 4 heteroatoms. The lowest BCUT2D eigenvalue weighted by Gasteiger charge is -2.07. The molecule has 2 nitrogen and oxygen atoms in total. The zero-order chi connectivity index (χ0) is 33.0. The normalized spacial score (nSPS) is 11.9.